The lowest BCUT2D eigenvalue weighted by Crippen LogP contribution is -2.46. The zero-order valence-corrected chi connectivity index (χ0v) is 16.9. The lowest BCUT2D eigenvalue weighted by Gasteiger charge is -2.27. The standard InChI is InChI=1S/C23H22N6O2/c24-15-18-6-7-19(14-21(18)31-16-17-4-2-1-3-5-17)27-23-26-9-8-20(28-23)22(30)29-12-10-25-11-13-29/h1-9,14,25H,10-13,16H2,(H,26,27,28). The van der Waals surface area contributed by atoms with Gasteiger partial charge >= 0.3 is 0 Å². The number of nitriles is 1. The van der Waals surface area contributed by atoms with Gasteiger partial charge in [0.05, 0.1) is 5.56 Å². The molecule has 4 rings (SSSR count). The average Bonchev–Trinajstić information content (AvgIpc) is 2.84. The second kappa shape index (κ2) is 9.69. The minimum Gasteiger partial charge on any atom is -0.487 e. The van der Waals surface area contributed by atoms with E-state index in [-0.39, 0.29) is 5.91 Å². The third-order valence-corrected chi connectivity index (χ3v) is 4.87. The molecule has 2 aromatic carbocycles. The molecule has 31 heavy (non-hydrogen) atoms. The van der Waals surface area contributed by atoms with E-state index in [0.717, 1.165) is 18.7 Å². The Morgan fingerprint density at radius 1 is 1.16 bits per heavy atom. The van der Waals surface area contributed by atoms with Gasteiger partial charge in [0.1, 0.15) is 24.1 Å². The molecule has 1 amide bonds. The summed E-state index contributed by atoms with van der Waals surface area (Å²) in [6, 6.07) is 18.7. The van der Waals surface area contributed by atoms with E-state index < -0.39 is 0 Å². The van der Waals surface area contributed by atoms with E-state index >= 15 is 0 Å². The average molecular weight is 414 g/mol. The van der Waals surface area contributed by atoms with Crippen LogP contribution in [0, 0.1) is 11.3 Å². The molecule has 0 unspecified atom stereocenters. The number of piperazine rings is 1. The predicted octanol–water partition coefficient (Wildman–Crippen LogP) is 2.72. The molecule has 1 fully saturated rings. The van der Waals surface area contributed by atoms with Gasteiger partial charge in [-0.1, -0.05) is 30.3 Å². The molecule has 156 valence electrons. The molecule has 2 N–H and O–H groups in total. The second-order valence-corrected chi connectivity index (χ2v) is 7.03. The highest BCUT2D eigenvalue weighted by Gasteiger charge is 2.19. The first-order chi connectivity index (χ1) is 15.2. The van der Waals surface area contributed by atoms with Gasteiger partial charge in [0.15, 0.2) is 0 Å². The molecular formula is C23H22N6O2. The second-order valence-electron chi connectivity index (χ2n) is 7.03. The van der Waals surface area contributed by atoms with Gasteiger partial charge in [0.25, 0.3) is 5.91 Å². The molecule has 1 saturated heterocycles. The SMILES string of the molecule is N#Cc1ccc(Nc2nccc(C(=O)N3CCNCC3)n2)cc1OCc1ccccc1. The first-order valence-corrected chi connectivity index (χ1v) is 10.0. The van der Waals surface area contributed by atoms with Crippen molar-refractivity contribution in [3.63, 3.8) is 0 Å². The number of rotatable bonds is 6. The number of hydrogen-bond donors (Lipinski definition) is 2. The van der Waals surface area contributed by atoms with Gasteiger partial charge in [-0.25, -0.2) is 9.97 Å². The number of carbonyl (C=O) groups is 1. The van der Waals surface area contributed by atoms with Crippen LogP contribution in [0.4, 0.5) is 11.6 Å². The number of nitrogens with one attached hydrogen (secondary N) is 2. The summed E-state index contributed by atoms with van der Waals surface area (Å²) in [4.78, 5) is 23.0. The zero-order valence-electron chi connectivity index (χ0n) is 16.9. The number of carbonyl (C=O) groups excluding carboxylic acids is 1. The Kier molecular flexibility index (Phi) is 6.35. The Morgan fingerprint density at radius 3 is 2.74 bits per heavy atom. The highest BCUT2D eigenvalue weighted by molar-refractivity contribution is 5.92. The van der Waals surface area contributed by atoms with Crippen LogP contribution in [-0.4, -0.2) is 47.0 Å². The minimum atomic E-state index is -0.112. The first kappa shape index (κ1) is 20.3. The van der Waals surface area contributed by atoms with E-state index in [9.17, 15) is 10.1 Å². The fraction of sp³-hybridized carbons (Fsp3) is 0.217. The monoisotopic (exact) mass is 414 g/mol. The van der Waals surface area contributed by atoms with E-state index in [1.54, 1.807) is 35.4 Å². The van der Waals surface area contributed by atoms with Crippen LogP contribution in [0.1, 0.15) is 21.6 Å². The number of anilines is 2. The summed E-state index contributed by atoms with van der Waals surface area (Å²) in [5.41, 5.74) is 2.44. The molecule has 0 radical (unpaired) electrons. The topological polar surface area (TPSA) is 103 Å². The maximum atomic E-state index is 12.7. The smallest absolute Gasteiger partial charge is 0.272 e. The van der Waals surface area contributed by atoms with Crippen molar-refractivity contribution >= 4 is 17.5 Å². The Labute approximate surface area is 180 Å². The van der Waals surface area contributed by atoms with E-state index in [2.05, 4.69) is 26.7 Å². The van der Waals surface area contributed by atoms with Crippen molar-refractivity contribution in [2.45, 2.75) is 6.61 Å². The maximum Gasteiger partial charge on any atom is 0.272 e. The number of aromatic nitrogens is 2. The molecule has 0 bridgehead atoms. The van der Waals surface area contributed by atoms with Gasteiger partial charge in [-0.3, -0.25) is 4.79 Å². The van der Waals surface area contributed by atoms with Crippen LogP contribution in [0.15, 0.2) is 60.8 Å². The van der Waals surface area contributed by atoms with Crippen LogP contribution < -0.4 is 15.4 Å². The summed E-state index contributed by atoms with van der Waals surface area (Å²) in [7, 11) is 0. The van der Waals surface area contributed by atoms with Crippen molar-refractivity contribution in [2.24, 2.45) is 0 Å². The molecule has 1 aliphatic rings. The Balaban J connectivity index is 1.48. The van der Waals surface area contributed by atoms with Gasteiger partial charge in [-0.05, 0) is 23.8 Å². The van der Waals surface area contributed by atoms with Crippen molar-refractivity contribution in [1.82, 2.24) is 20.2 Å². The van der Waals surface area contributed by atoms with Crippen molar-refractivity contribution in [3.8, 4) is 11.8 Å². The summed E-state index contributed by atoms with van der Waals surface area (Å²) in [5, 5.41) is 15.7. The molecular weight excluding hydrogens is 392 g/mol. The Morgan fingerprint density at radius 2 is 1.97 bits per heavy atom. The summed E-state index contributed by atoms with van der Waals surface area (Å²) in [6.45, 7) is 3.22. The number of ether oxygens (including phenoxy) is 1. The number of nitrogens with zero attached hydrogens (tertiary/aromatic N) is 4. The fourth-order valence-corrected chi connectivity index (χ4v) is 3.24. The summed E-state index contributed by atoms with van der Waals surface area (Å²) < 4.78 is 5.86. The number of benzene rings is 2. The van der Waals surface area contributed by atoms with E-state index in [1.807, 2.05) is 30.3 Å². The maximum absolute atomic E-state index is 12.7. The van der Waals surface area contributed by atoms with E-state index in [1.165, 1.54) is 0 Å². The van der Waals surface area contributed by atoms with Crippen molar-refractivity contribution in [1.29, 1.82) is 5.26 Å². The van der Waals surface area contributed by atoms with Crippen molar-refractivity contribution < 1.29 is 9.53 Å². The number of amides is 1. The van der Waals surface area contributed by atoms with E-state index in [0.29, 0.717) is 48.3 Å². The van der Waals surface area contributed by atoms with Crippen molar-refractivity contribution in [2.75, 3.05) is 31.5 Å². The lowest BCUT2D eigenvalue weighted by atomic mass is 10.2. The summed E-state index contributed by atoms with van der Waals surface area (Å²) >= 11 is 0. The number of hydrogen-bond acceptors (Lipinski definition) is 7. The first-order valence-electron chi connectivity index (χ1n) is 10.0. The molecule has 0 saturated carbocycles. The van der Waals surface area contributed by atoms with Gasteiger partial charge < -0.3 is 20.3 Å². The molecule has 1 aromatic heterocycles. The van der Waals surface area contributed by atoms with Gasteiger partial charge in [-0.15, -0.1) is 0 Å². The normalized spacial score (nSPS) is 13.3. The van der Waals surface area contributed by atoms with Crippen LogP contribution in [0.2, 0.25) is 0 Å². The Hall–Kier alpha value is -3.96. The molecule has 2 heterocycles. The van der Waals surface area contributed by atoms with Crippen LogP contribution >= 0.6 is 0 Å². The molecule has 0 aliphatic carbocycles. The van der Waals surface area contributed by atoms with Crippen LogP contribution in [0.3, 0.4) is 0 Å². The lowest BCUT2D eigenvalue weighted by molar-refractivity contribution is 0.0730. The fourth-order valence-electron chi connectivity index (χ4n) is 3.24. The Bertz CT molecular complexity index is 1090. The van der Waals surface area contributed by atoms with Gasteiger partial charge in [-0.2, -0.15) is 5.26 Å². The zero-order chi connectivity index (χ0) is 21.5. The van der Waals surface area contributed by atoms with Crippen LogP contribution in [-0.2, 0) is 6.61 Å². The molecule has 1 aliphatic heterocycles. The highest BCUT2D eigenvalue weighted by atomic mass is 16.5. The third-order valence-electron chi connectivity index (χ3n) is 4.87. The predicted molar refractivity (Wildman–Crippen MR) is 116 cm³/mol. The molecule has 3 aromatic rings. The van der Waals surface area contributed by atoms with Crippen LogP contribution in [0.25, 0.3) is 0 Å². The van der Waals surface area contributed by atoms with Crippen molar-refractivity contribution in [3.05, 3.63) is 77.6 Å². The molecule has 8 nitrogen and oxygen atoms in total. The summed E-state index contributed by atoms with van der Waals surface area (Å²) in [6.07, 6.45) is 1.56. The summed E-state index contributed by atoms with van der Waals surface area (Å²) in [5.74, 6) is 0.655. The molecule has 0 atom stereocenters. The quantitative estimate of drug-likeness (QED) is 0.639. The van der Waals surface area contributed by atoms with Gasteiger partial charge in [0, 0.05) is 44.1 Å². The molecule has 0 spiro atoms. The largest absolute Gasteiger partial charge is 0.487 e. The van der Waals surface area contributed by atoms with E-state index in [4.69, 9.17) is 4.74 Å². The minimum absolute atomic E-state index is 0.112. The van der Waals surface area contributed by atoms with Gasteiger partial charge in [0.2, 0.25) is 5.95 Å². The highest BCUT2D eigenvalue weighted by Crippen LogP contribution is 2.25. The molecule has 8 heteroatoms. The van der Waals surface area contributed by atoms with Crippen LogP contribution in [0.5, 0.6) is 5.75 Å². The third kappa shape index (κ3) is 5.15.